The number of carbonyl (C=O) groups excluding carboxylic acids is 1. The Bertz CT molecular complexity index is 577. The Morgan fingerprint density at radius 1 is 1.33 bits per heavy atom. The van der Waals surface area contributed by atoms with Crippen molar-refractivity contribution in [2.24, 2.45) is 5.92 Å². The Kier molecular flexibility index (Phi) is 5.48. The summed E-state index contributed by atoms with van der Waals surface area (Å²) in [5, 5.41) is 10.1. The van der Waals surface area contributed by atoms with Gasteiger partial charge in [0.1, 0.15) is 11.9 Å². The van der Waals surface area contributed by atoms with Crippen LogP contribution in [0.2, 0.25) is 0 Å². The summed E-state index contributed by atoms with van der Waals surface area (Å²) in [6.07, 6.45) is 0.284. The van der Waals surface area contributed by atoms with Gasteiger partial charge in [-0.1, -0.05) is 19.1 Å². The number of benzene rings is 1. The normalized spacial score (nSPS) is 27.0. The molecular formula is C18H25FN2O3. The van der Waals surface area contributed by atoms with E-state index in [2.05, 4.69) is 0 Å². The second kappa shape index (κ2) is 7.59. The van der Waals surface area contributed by atoms with Crippen LogP contribution in [0.25, 0.3) is 0 Å². The van der Waals surface area contributed by atoms with E-state index in [0.717, 1.165) is 6.42 Å². The van der Waals surface area contributed by atoms with Crippen LogP contribution >= 0.6 is 0 Å². The van der Waals surface area contributed by atoms with Gasteiger partial charge in [0.2, 0.25) is 5.91 Å². The molecule has 3 atom stereocenters. The third-order valence-corrected chi connectivity index (χ3v) is 5.04. The molecule has 2 aliphatic heterocycles. The van der Waals surface area contributed by atoms with Crippen molar-refractivity contribution in [1.29, 1.82) is 0 Å². The second-order valence-corrected chi connectivity index (χ2v) is 6.72. The fourth-order valence-electron chi connectivity index (χ4n) is 3.44. The first-order chi connectivity index (χ1) is 11.6. The standard InChI is InChI=1S/C18H25FN2O3/c1-13-5-6-21(12-16(13)22)18(23)17(20-7-9-24-10-8-20)14-3-2-4-15(19)11-14/h2-4,11,13,16-17,22H,5-10,12H2,1H3. The average Bonchev–Trinajstić information content (AvgIpc) is 2.58. The Balaban J connectivity index is 1.84. The maximum absolute atomic E-state index is 13.7. The number of likely N-dealkylation sites (tertiary alicyclic amines) is 1. The van der Waals surface area contributed by atoms with Gasteiger partial charge in [-0.25, -0.2) is 4.39 Å². The first-order valence-corrected chi connectivity index (χ1v) is 8.60. The van der Waals surface area contributed by atoms with Gasteiger partial charge >= 0.3 is 0 Å². The van der Waals surface area contributed by atoms with E-state index in [1.165, 1.54) is 12.1 Å². The quantitative estimate of drug-likeness (QED) is 0.907. The Labute approximate surface area is 142 Å². The summed E-state index contributed by atoms with van der Waals surface area (Å²) in [6.45, 7) is 5.39. The van der Waals surface area contributed by atoms with Crippen molar-refractivity contribution in [3.05, 3.63) is 35.6 Å². The van der Waals surface area contributed by atoms with Crippen molar-refractivity contribution in [1.82, 2.24) is 9.80 Å². The summed E-state index contributed by atoms with van der Waals surface area (Å²) in [5.74, 6) is -0.204. The van der Waals surface area contributed by atoms with Crippen molar-refractivity contribution in [3.8, 4) is 0 Å². The molecule has 1 N–H and O–H groups in total. The number of carbonyl (C=O) groups is 1. The summed E-state index contributed by atoms with van der Waals surface area (Å²) in [4.78, 5) is 16.9. The lowest BCUT2D eigenvalue weighted by atomic mass is 9.94. The maximum atomic E-state index is 13.7. The number of rotatable bonds is 3. The maximum Gasteiger partial charge on any atom is 0.244 e. The molecule has 2 fully saturated rings. The van der Waals surface area contributed by atoms with Crippen LogP contribution in [0.3, 0.4) is 0 Å². The van der Waals surface area contributed by atoms with E-state index in [0.29, 0.717) is 45.0 Å². The number of amides is 1. The molecule has 1 aromatic carbocycles. The molecule has 24 heavy (non-hydrogen) atoms. The van der Waals surface area contributed by atoms with E-state index in [-0.39, 0.29) is 17.6 Å². The van der Waals surface area contributed by atoms with Gasteiger partial charge in [0, 0.05) is 26.2 Å². The molecule has 2 saturated heterocycles. The van der Waals surface area contributed by atoms with Gasteiger partial charge < -0.3 is 14.7 Å². The first-order valence-electron chi connectivity index (χ1n) is 8.60. The number of halogens is 1. The molecule has 3 unspecified atom stereocenters. The molecule has 5 nitrogen and oxygen atoms in total. The molecule has 1 aromatic rings. The second-order valence-electron chi connectivity index (χ2n) is 6.72. The van der Waals surface area contributed by atoms with Crippen LogP contribution in [-0.4, -0.2) is 66.3 Å². The van der Waals surface area contributed by atoms with Crippen molar-refractivity contribution in [2.45, 2.75) is 25.5 Å². The van der Waals surface area contributed by atoms with Crippen molar-refractivity contribution in [2.75, 3.05) is 39.4 Å². The SMILES string of the molecule is CC1CCN(C(=O)C(c2cccc(F)c2)N2CCOCC2)CC1O. The highest BCUT2D eigenvalue weighted by molar-refractivity contribution is 5.83. The Morgan fingerprint density at radius 2 is 2.08 bits per heavy atom. The smallest absolute Gasteiger partial charge is 0.244 e. The molecule has 0 spiro atoms. The Morgan fingerprint density at radius 3 is 2.75 bits per heavy atom. The number of hydrogen-bond donors (Lipinski definition) is 1. The molecule has 0 saturated carbocycles. The van der Waals surface area contributed by atoms with Gasteiger partial charge in [0.05, 0.1) is 19.3 Å². The summed E-state index contributed by atoms with van der Waals surface area (Å²) < 4.78 is 19.1. The van der Waals surface area contributed by atoms with Crippen LogP contribution < -0.4 is 0 Å². The van der Waals surface area contributed by atoms with Crippen molar-refractivity contribution < 1.29 is 19.0 Å². The van der Waals surface area contributed by atoms with Crippen LogP contribution in [0.5, 0.6) is 0 Å². The number of β-amino-alcohol motifs (C(OH)–C–C–N with tert-alkyl or cyclic N) is 1. The van der Waals surface area contributed by atoms with Gasteiger partial charge in [0.15, 0.2) is 0 Å². The number of aliphatic hydroxyl groups is 1. The average molecular weight is 336 g/mol. The summed E-state index contributed by atoms with van der Waals surface area (Å²) >= 11 is 0. The van der Waals surface area contributed by atoms with Crippen molar-refractivity contribution in [3.63, 3.8) is 0 Å². The largest absolute Gasteiger partial charge is 0.391 e. The van der Waals surface area contributed by atoms with Gasteiger partial charge in [-0.15, -0.1) is 0 Å². The fourth-order valence-corrected chi connectivity index (χ4v) is 3.44. The monoisotopic (exact) mass is 336 g/mol. The molecule has 0 bridgehead atoms. The van der Waals surface area contributed by atoms with Crippen LogP contribution in [0.4, 0.5) is 4.39 Å². The number of nitrogens with zero attached hydrogens (tertiary/aromatic N) is 2. The molecule has 2 heterocycles. The van der Waals surface area contributed by atoms with Gasteiger partial charge in [-0.05, 0) is 30.0 Å². The number of ether oxygens (including phenoxy) is 1. The molecule has 6 heteroatoms. The predicted molar refractivity (Wildman–Crippen MR) is 87.9 cm³/mol. The first kappa shape index (κ1) is 17.3. The van der Waals surface area contributed by atoms with Crippen LogP contribution in [0.15, 0.2) is 24.3 Å². The third kappa shape index (κ3) is 3.77. The minimum absolute atomic E-state index is 0.0616. The lowest BCUT2D eigenvalue weighted by molar-refractivity contribution is -0.143. The highest BCUT2D eigenvalue weighted by Crippen LogP contribution is 2.27. The van der Waals surface area contributed by atoms with E-state index in [1.807, 2.05) is 11.8 Å². The topological polar surface area (TPSA) is 53.0 Å². The predicted octanol–water partition coefficient (Wildman–Crippen LogP) is 1.43. The van der Waals surface area contributed by atoms with E-state index >= 15 is 0 Å². The molecule has 3 rings (SSSR count). The van der Waals surface area contributed by atoms with Gasteiger partial charge in [0.25, 0.3) is 0 Å². The van der Waals surface area contributed by atoms with Crippen LogP contribution in [0.1, 0.15) is 24.9 Å². The summed E-state index contributed by atoms with van der Waals surface area (Å²) in [6, 6.07) is 5.73. The van der Waals surface area contributed by atoms with Gasteiger partial charge in [-0.3, -0.25) is 9.69 Å². The molecular weight excluding hydrogens is 311 g/mol. The highest BCUT2D eigenvalue weighted by atomic mass is 19.1. The lowest BCUT2D eigenvalue weighted by Gasteiger charge is -2.40. The minimum Gasteiger partial charge on any atom is -0.391 e. The number of piperidine rings is 1. The summed E-state index contributed by atoms with van der Waals surface area (Å²) in [7, 11) is 0. The van der Waals surface area contributed by atoms with E-state index < -0.39 is 12.1 Å². The molecule has 132 valence electrons. The third-order valence-electron chi connectivity index (χ3n) is 5.04. The lowest BCUT2D eigenvalue weighted by Crippen LogP contribution is -2.52. The van der Waals surface area contributed by atoms with Crippen LogP contribution in [-0.2, 0) is 9.53 Å². The molecule has 0 radical (unpaired) electrons. The summed E-state index contributed by atoms with van der Waals surface area (Å²) in [5.41, 5.74) is 0.662. The molecule has 2 aliphatic rings. The number of hydrogen-bond acceptors (Lipinski definition) is 4. The zero-order valence-electron chi connectivity index (χ0n) is 14.0. The zero-order chi connectivity index (χ0) is 17.1. The Hall–Kier alpha value is -1.50. The fraction of sp³-hybridized carbons (Fsp3) is 0.611. The van der Waals surface area contributed by atoms with E-state index in [4.69, 9.17) is 4.74 Å². The highest BCUT2D eigenvalue weighted by Gasteiger charge is 2.35. The van der Waals surface area contributed by atoms with E-state index in [1.54, 1.807) is 17.0 Å². The van der Waals surface area contributed by atoms with Crippen LogP contribution in [0, 0.1) is 11.7 Å². The van der Waals surface area contributed by atoms with Gasteiger partial charge in [-0.2, -0.15) is 0 Å². The minimum atomic E-state index is -0.523. The number of aliphatic hydroxyl groups excluding tert-OH is 1. The molecule has 0 aromatic heterocycles. The van der Waals surface area contributed by atoms with Crippen molar-refractivity contribution >= 4 is 5.91 Å². The molecule has 0 aliphatic carbocycles. The molecule has 1 amide bonds. The number of morpholine rings is 1. The zero-order valence-corrected chi connectivity index (χ0v) is 14.0. The van der Waals surface area contributed by atoms with E-state index in [9.17, 15) is 14.3 Å².